The summed E-state index contributed by atoms with van der Waals surface area (Å²) in [6, 6.07) is 9.40. The Morgan fingerprint density at radius 2 is 1.86 bits per heavy atom. The Kier molecular flexibility index (Phi) is 4.62. The summed E-state index contributed by atoms with van der Waals surface area (Å²) < 4.78 is 1.73. The van der Waals surface area contributed by atoms with Gasteiger partial charge in [0.1, 0.15) is 12.1 Å². The van der Waals surface area contributed by atoms with E-state index in [2.05, 4.69) is 4.98 Å². The second kappa shape index (κ2) is 7.10. The van der Waals surface area contributed by atoms with Crippen LogP contribution in [0.4, 0.5) is 4.79 Å². The van der Waals surface area contributed by atoms with Crippen LogP contribution < -0.4 is 0 Å². The lowest BCUT2D eigenvalue weighted by atomic mass is 9.85. The number of benzene rings is 1. The van der Waals surface area contributed by atoms with Crippen LogP contribution in [-0.4, -0.2) is 67.8 Å². The SMILES string of the molecule is CN1C(=O)N(Cc2ccccc2)C2(CCN(C(=O)Cn3ccnc3)CC2)C1=O. The zero-order chi connectivity index (χ0) is 19.7. The van der Waals surface area contributed by atoms with Crippen molar-refractivity contribution in [3.63, 3.8) is 0 Å². The molecule has 1 spiro atoms. The number of amides is 4. The average molecular weight is 381 g/mol. The fraction of sp³-hybridized carbons (Fsp3) is 0.400. The second-order valence-electron chi connectivity index (χ2n) is 7.37. The van der Waals surface area contributed by atoms with Gasteiger partial charge in [-0.05, 0) is 18.4 Å². The van der Waals surface area contributed by atoms with Crippen molar-refractivity contribution in [2.24, 2.45) is 0 Å². The number of aromatic nitrogens is 2. The van der Waals surface area contributed by atoms with Crippen molar-refractivity contribution in [1.82, 2.24) is 24.3 Å². The predicted octanol–water partition coefficient (Wildman–Crippen LogP) is 1.34. The van der Waals surface area contributed by atoms with Crippen molar-refractivity contribution in [3.8, 4) is 0 Å². The third-order valence-electron chi connectivity index (χ3n) is 5.74. The normalized spacial score (nSPS) is 19.0. The average Bonchev–Trinajstić information content (AvgIpc) is 3.28. The second-order valence-corrected chi connectivity index (χ2v) is 7.37. The topological polar surface area (TPSA) is 78.8 Å². The van der Waals surface area contributed by atoms with E-state index in [0.29, 0.717) is 32.5 Å². The van der Waals surface area contributed by atoms with Crippen LogP contribution in [0.5, 0.6) is 0 Å². The predicted molar refractivity (Wildman–Crippen MR) is 101 cm³/mol. The van der Waals surface area contributed by atoms with Gasteiger partial charge in [0.05, 0.1) is 6.33 Å². The molecule has 1 aromatic heterocycles. The van der Waals surface area contributed by atoms with Gasteiger partial charge in [-0.15, -0.1) is 0 Å². The third kappa shape index (κ3) is 3.04. The highest BCUT2D eigenvalue weighted by atomic mass is 16.2. The molecule has 2 aliphatic rings. The van der Waals surface area contributed by atoms with Gasteiger partial charge in [0.25, 0.3) is 5.91 Å². The molecule has 0 bridgehead atoms. The molecule has 0 aliphatic carbocycles. The van der Waals surface area contributed by atoms with E-state index in [4.69, 9.17) is 0 Å². The molecule has 0 N–H and O–H groups in total. The first-order chi connectivity index (χ1) is 13.5. The number of likely N-dealkylation sites (N-methyl/N-ethyl adjacent to an activating group) is 1. The maximum absolute atomic E-state index is 13.0. The van der Waals surface area contributed by atoms with E-state index < -0.39 is 5.54 Å². The molecule has 0 saturated carbocycles. The van der Waals surface area contributed by atoms with Crippen molar-refractivity contribution in [1.29, 1.82) is 0 Å². The van der Waals surface area contributed by atoms with Crippen molar-refractivity contribution in [2.75, 3.05) is 20.1 Å². The van der Waals surface area contributed by atoms with Gasteiger partial charge in [0.15, 0.2) is 0 Å². The van der Waals surface area contributed by atoms with Crippen LogP contribution in [0.1, 0.15) is 18.4 Å². The molecule has 2 saturated heterocycles. The van der Waals surface area contributed by atoms with Crippen LogP contribution >= 0.6 is 0 Å². The fourth-order valence-corrected chi connectivity index (χ4v) is 4.11. The Labute approximate surface area is 163 Å². The summed E-state index contributed by atoms with van der Waals surface area (Å²) >= 11 is 0. The molecule has 0 unspecified atom stereocenters. The Hall–Kier alpha value is -3.16. The lowest BCUT2D eigenvalue weighted by Crippen LogP contribution is -2.57. The highest BCUT2D eigenvalue weighted by Gasteiger charge is 2.57. The first kappa shape index (κ1) is 18.2. The van der Waals surface area contributed by atoms with Crippen LogP contribution in [0, 0.1) is 0 Å². The number of imidazole rings is 1. The van der Waals surface area contributed by atoms with Crippen LogP contribution in [0.2, 0.25) is 0 Å². The zero-order valence-electron chi connectivity index (χ0n) is 15.8. The van der Waals surface area contributed by atoms with Gasteiger partial charge in [0.2, 0.25) is 5.91 Å². The Morgan fingerprint density at radius 1 is 1.14 bits per heavy atom. The van der Waals surface area contributed by atoms with Crippen molar-refractivity contribution in [2.45, 2.75) is 31.5 Å². The van der Waals surface area contributed by atoms with Crippen LogP contribution in [0.15, 0.2) is 49.1 Å². The zero-order valence-corrected chi connectivity index (χ0v) is 15.8. The number of likely N-dealkylation sites (tertiary alicyclic amines) is 1. The number of imide groups is 1. The van der Waals surface area contributed by atoms with Gasteiger partial charge in [-0.3, -0.25) is 14.5 Å². The fourth-order valence-electron chi connectivity index (χ4n) is 4.11. The minimum atomic E-state index is -0.868. The molecule has 2 aliphatic heterocycles. The number of hydrogen-bond acceptors (Lipinski definition) is 4. The van der Waals surface area contributed by atoms with Crippen molar-refractivity contribution in [3.05, 3.63) is 54.6 Å². The van der Waals surface area contributed by atoms with Crippen molar-refractivity contribution < 1.29 is 14.4 Å². The molecule has 2 fully saturated rings. The molecule has 28 heavy (non-hydrogen) atoms. The van der Waals surface area contributed by atoms with E-state index >= 15 is 0 Å². The van der Waals surface area contributed by atoms with Crippen LogP contribution in [-0.2, 0) is 22.7 Å². The van der Waals surface area contributed by atoms with Crippen LogP contribution in [0.25, 0.3) is 0 Å². The van der Waals surface area contributed by atoms with Gasteiger partial charge in [0, 0.05) is 39.1 Å². The quantitative estimate of drug-likeness (QED) is 0.749. The number of rotatable bonds is 4. The molecule has 4 amide bonds. The molecule has 4 rings (SSSR count). The number of nitrogens with zero attached hydrogens (tertiary/aromatic N) is 5. The minimum absolute atomic E-state index is 0.00686. The lowest BCUT2D eigenvalue weighted by molar-refractivity contribution is -0.141. The summed E-state index contributed by atoms with van der Waals surface area (Å²) in [5.74, 6) is -0.178. The number of piperidine rings is 1. The van der Waals surface area contributed by atoms with Crippen LogP contribution in [0.3, 0.4) is 0 Å². The molecule has 0 atom stereocenters. The highest BCUT2D eigenvalue weighted by molar-refractivity contribution is 6.06. The lowest BCUT2D eigenvalue weighted by Gasteiger charge is -2.42. The molecule has 3 heterocycles. The van der Waals surface area contributed by atoms with E-state index in [1.807, 2.05) is 30.3 Å². The molecular formula is C20H23N5O3. The molecule has 8 nitrogen and oxygen atoms in total. The van der Waals surface area contributed by atoms with Crippen molar-refractivity contribution >= 4 is 17.8 Å². The van der Waals surface area contributed by atoms with E-state index in [-0.39, 0.29) is 24.4 Å². The third-order valence-corrected chi connectivity index (χ3v) is 5.74. The van der Waals surface area contributed by atoms with E-state index in [1.54, 1.807) is 33.1 Å². The van der Waals surface area contributed by atoms with Gasteiger partial charge in [-0.2, -0.15) is 0 Å². The summed E-state index contributed by atoms with van der Waals surface area (Å²) in [5, 5.41) is 0. The molecular weight excluding hydrogens is 358 g/mol. The molecule has 146 valence electrons. The minimum Gasteiger partial charge on any atom is -0.341 e. The first-order valence-corrected chi connectivity index (χ1v) is 9.38. The molecule has 1 aromatic carbocycles. The van der Waals surface area contributed by atoms with Gasteiger partial charge in [-0.25, -0.2) is 9.78 Å². The Morgan fingerprint density at radius 3 is 2.50 bits per heavy atom. The van der Waals surface area contributed by atoms with E-state index in [1.165, 1.54) is 11.9 Å². The maximum atomic E-state index is 13.0. The highest BCUT2D eigenvalue weighted by Crippen LogP contribution is 2.37. The largest absolute Gasteiger partial charge is 0.341 e. The number of hydrogen-bond donors (Lipinski definition) is 0. The summed E-state index contributed by atoms with van der Waals surface area (Å²) in [6.07, 6.45) is 5.89. The molecule has 2 aromatic rings. The number of carbonyl (C=O) groups is 3. The van der Waals surface area contributed by atoms with Gasteiger partial charge >= 0.3 is 6.03 Å². The number of urea groups is 1. The van der Waals surface area contributed by atoms with Gasteiger partial charge in [-0.1, -0.05) is 30.3 Å². The van der Waals surface area contributed by atoms with Gasteiger partial charge < -0.3 is 14.4 Å². The molecule has 8 heteroatoms. The van der Waals surface area contributed by atoms with E-state index in [9.17, 15) is 14.4 Å². The number of carbonyl (C=O) groups excluding carboxylic acids is 3. The molecule has 0 radical (unpaired) electrons. The first-order valence-electron chi connectivity index (χ1n) is 9.38. The standard InChI is InChI=1S/C20H23N5O3/c1-22-18(27)20(25(19(22)28)13-16-5-3-2-4-6-16)7-10-24(11-8-20)17(26)14-23-12-9-21-15-23/h2-6,9,12,15H,7-8,10-11,13-14H2,1H3. The smallest absolute Gasteiger partial charge is 0.327 e. The monoisotopic (exact) mass is 381 g/mol. The maximum Gasteiger partial charge on any atom is 0.327 e. The summed E-state index contributed by atoms with van der Waals surface area (Å²) in [7, 11) is 1.54. The van der Waals surface area contributed by atoms with E-state index in [0.717, 1.165) is 5.56 Å². The Balaban J connectivity index is 1.50. The Bertz CT molecular complexity index is 873. The summed E-state index contributed by atoms with van der Waals surface area (Å²) in [6.45, 7) is 1.52. The summed E-state index contributed by atoms with van der Waals surface area (Å²) in [4.78, 5) is 46.9. The summed E-state index contributed by atoms with van der Waals surface area (Å²) in [5.41, 5.74) is 0.116.